The van der Waals surface area contributed by atoms with E-state index in [4.69, 9.17) is 4.74 Å². The van der Waals surface area contributed by atoms with Crippen molar-refractivity contribution in [1.29, 1.82) is 0 Å². The maximum atomic E-state index is 11.1. The molecule has 0 fully saturated rings. The van der Waals surface area contributed by atoms with Crippen molar-refractivity contribution in [3.05, 3.63) is 0 Å². The molecule has 3 N–H and O–H groups in total. The normalized spacial score (nSPS) is 9.73. The van der Waals surface area contributed by atoms with Crippen LogP contribution in [-0.2, 0) is 14.3 Å². The van der Waals surface area contributed by atoms with Crippen LogP contribution in [0.1, 0.15) is 6.92 Å². The van der Waals surface area contributed by atoms with E-state index < -0.39 is 0 Å². The average molecular weight is 217 g/mol. The highest BCUT2D eigenvalue weighted by Crippen LogP contribution is 1.67. The predicted octanol–water partition coefficient (Wildman–Crippen LogP) is -1.53. The van der Waals surface area contributed by atoms with Crippen LogP contribution in [0.2, 0.25) is 0 Å². The second-order valence-corrected chi connectivity index (χ2v) is 3.00. The van der Waals surface area contributed by atoms with Crippen molar-refractivity contribution in [3.8, 4) is 0 Å². The van der Waals surface area contributed by atoms with Crippen LogP contribution in [0.3, 0.4) is 0 Å². The van der Waals surface area contributed by atoms with Gasteiger partial charge in [-0.3, -0.25) is 9.59 Å². The summed E-state index contributed by atoms with van der Waals surface area (Å²) in [5.41, 5.74) is 0. The monoisotopic (exact) mass is 217 g/mol. The average Bonchev–Trinajstić information content (AvgIpc) is 2.19. The highest BCUT2D eigenvalue weighted by molar-refractivity contribution is 5.78. The van der Waals surface area contributed by atoms with Crippen LogP contribution in [0.25, 0.3) is 0 Å². The van der Waals surface area contributed by atoms with Crippen molar-refractivity contribution in [2.45, 2.75) is 6.92 Å². The molecule has 0 aliphatic carbocycles. The molecule has 0 unspecified atom stereocenters. The van der Waals surface area contributed by atoms with Gasteiger partial charge in [-0.15, -0.1) is 0 Å². The van der Waals surface area contributed by atoms with Gasteiger partial charge in [-0.1, -0.05) is 0 Å². The summed E-state index contributed by atoms with van der Waals surface area (Å²) in [5, 5.41) is 8.15. The number of hydrogen-bond acceptors (Lipinski definition) is 4. The third-order valence-corrected chi connectivity index (χ3v) is 1.59. The fourth-order valence-electron chi connectivity index (χ4n) is 0.879. The first-order valence-corrected chi connectivity index (χ1v) is 4.87. The fourth-order valence-corrected chi connectivity index (χ4v) is 0.879. The molecule has 0 radical (unpaired) electrons. The van der Waals surface area contributed by atoms with E-state index in [1.807, 2.05) is 0 Å². The third kappa shape index (κ3) is 10.8. The highest BCUT2D eigenvalue weighted by Gasteiger charge is 1.98. The van der Waals surface area contributed by atoms with Gasteiger partial charge in [-0.2, -0.15) is 0 Å². The van der Waals surface area contributed by atoms with Crippen molar-refractivity contribution in [2.75, 3.05) is 39.9 Å². The molecule has 0 heterocycles. The fraction of sp³-hybridized carbons (Fsp3) is 0.778. The van der Waals surface area contributed by atoms with Crippen LogP contribution in [0.4, 0.5) is 0 Å². The first-order chi connectivity index (χ1) is 7.16. The molecule has 0 aromatic carbocycles. The van der Waals surface area contributed by atoms with Crippen molar-refractivity contribution in [2.24, 2.45) is 0 Å². The molecule has 0 spiro atoms. The molecule has 0 rings (SSSR count). The molecule has 15 heavy (non-hydrogen) atoms. The lowest BCUT2D eigenvalue weighted by Crippen LogP contribution is -2.39. The Balaban J connectivity index is 3.22. The molecule has 0 aromatic heterocycles. The zero-order valence-electron chi connectivity index (χ0n) is 9.26. The lowest BCUT2D eigenvalue weighted by atomic mass is 10.5. The van der Waals surface area contributed by atoms with Gasteiger partial charge in [0, 0.05) is 33.7 Å². The number of ether oxygens (including phenoxy) is 1. The van der Waals surface area contributed by atoms with E-state index in [-0.39, 0.29) is 18.4 Å². The molecule has 2 amide bonds. The first kappa shape index (κ1) is 13.9. The van der Waals surface area contributed by atoms with Gasteiger partial charge in [0.15, 0.2) is 0 Å². The molecule has 0 aromatic rings. The van der Waals surface area contributed by atoms with Crippen LogP contribution in [0.5, 0.6) is 0 Å². The Morgan fingerprint density at radius 2 is 1.80 bits per heavy atom. The summed E-state index contributed by atoms with van der Waals surface area (Å²) in [5.74, 6) is -0.182. The lowest BCUT2D eigenvalue weighted by molar-refractivity contribution is -0.121. The molecule has 0 saturated heterocycles. The van der Waals surface area contributed by atoms with Gasteiger partial charge in [-0.25, -0.2) is 0 Å². The lowest BCUT2D eigenvalue weighted by Gasteiger charge is -2.06. The van der Waals surface area contributed by atoms with Crippen LogP contribution in [0.15, 0.2) is 0 Å². The Morgan fingerprint density at radius 3 is 2.40 bits per heavy atom. The Bertz CT molecular complexity index is 197. The summed E-state index contributed by atoms with van der Waals surface area (Å²) in [7, 11) is 1.61. The molecule has 0 atom stereocenters. The molecule has 88 valence electrons. The summed E-state index contributed by atoms with van der Waals surface area (Å²) in [6.07, 6.45) is 0. The van der Waals surface area contributed by atoms with E-state index in [0.717, 1.165) is 0 Å². The molecule has 0 aliphatic rings. The van der Waals surface area contributed by atoms with Crippen molar-refractivity contribution in [1.82, 2.24) is 16.0 Å². The van der Waals surface area contributed by atoms with Gasteiger partial charge in [0.2, 0.25) is 11.8 Å². The number of carbonyl (C=O) groups excluding carboxylic acids is 2. The van der Waals surface area contributed by atoms with Gasteiger partial charge in [-0.05, 0) is 0 Å². The van der Waals surface area contributed by atoms with E-state index in [2.05, 4.69) is 16.0 Å². The summed E-state index contributed by atoms with van der Waals surface area (Å²) >= 11 is 0. The quantitative estimate of drug-likeness (QED) is 0.431. The van der Waals surface area contributed by atoms with Gasteiger partial charge in [0.1, 0.15) is 0 Å². The van der Waals surface area contributed by atoms with Gasteiger partial charge in [0.05, 0.1) is 13.2 Å². The second kappa shape index (κ2) is 9.42. The number of methoxy groups -OCH3 is 1. The first-order valence-electron chi connectivity index (χ1n) is 4.87. The predicted molar refractivity (Wildman–Crippen MR) is 56.4 cm³/mol. The van der Waals surface area contributed by atoms with E-state index in [1.165, 1.54) is 6.92 Å². The highest BCUT2D eigenvalue weighted by atomic mass is 16.5. The minimum atomic E-state index is -0.0949. The van der Waals surface area contributed by atoms with Crippen molar-refractivity contribution in [3.63, 3.8) is 0 Å². The summed E-state index contributed by atoms with van der Waals surface area (Å²) in [4.78, 5) is 21.6. The van der Waals surface area contributed by atoms with Gasteiger partial charge in [0.25, 0.3) is 0 Å². The number of carbonyl (C=O) groups is 2. The number of nitrogens with one attached hydrogen (secondary N) is 3. The van der Waals surface area contributed by atoms with E-state index in [0.29, 0.717) is 26.2 Å². The molecule has 0 saturated carbocycles. The molecule has 0 bridgehead atoms. The van der Waals surface area contributed by atoms with Crippen LogP contribution < -0.4 is 16.0 Å². The van der Waals surface area contributed by atoms with Crippen LogP contribution in [-0.4, -0.2) is 51.7 Å². The second-order valence-electron chi connectivity index (χ2n) is 3.00. The van der Waals surface area contributed by atoms with Crippen molar-refractivity contribution >= 4 is 11.8 Å². The third-order valence-electron chi connectivity index (χ3n) is 1.59. The van der Waals surface area contributed by atoms with Crippen LogP contribution in [0, 0.1) is 0 Å². The van der Waals surface area contributed by atoms with Crippen molar-refractivity contribution < 1.29 is 14.3 Å². The Labute approximate surface area is 89.7 Å². The maximum absolute atomic E-state index is 11.1. The van der Waals surface area contributed by atoms with Crippen LogP contribution >= 0.6 is 0 Å². The zero-order chi connectivity index (χ0) is 11.5. The maximum Gasteiger partial charge on any atom is 0.234 e. The summed E-state index contributed by atoms with van der Waals surface area (Å²) in [6, 6.07) is 0. The minimum absolute atomic E-state index is 0.0866. The minimum Gasteiger partial charge on any atom is -0.383 e. The zero-order valence-corrected chi connectivity index (χ0v) is 9.26. The van der Waals surface area contributed by atoms with Gasteiger partial charge < -0.3 is 20.7 Å². The molecular weight excluding hydrogens is 198 g/mol. The SMILES string of the molecule is COCCNCC(=O)NCCNC(C)=O. The number of amides is 2. The molecular formula is C9H19N3O3. The molecule has 0 aliphatic heterocycles. The summed E-state index contributed by atoms with van der Waals surface area (Å²) in [6.45, 7) is 3.84. The van der Waals surface area contributed by atoms with E-state index in [1.54, 1.807) is 7.11 Å². The molecule has 6 nitrogen and oxygen atoms in total. The standard InChI is InChI=1S/C9H19N3O3/c1-8(13)11-3-4-12-9(14)7-10-5-6-15-2/h10H,3-7H2,1-2H3,(H,11,13)(H,12,14). The summed E-state index contributed by atoms with van der Waals surface area (Å²) < 4.78 is 4.81. The Kier molecular flexibility index (Phi) is 8.70. The Hall–Kier alpha value is -1.14. The Morgan fingerprint density at radius 1 is 1.13 bits per heavy atom. The van der Waals surface area contributed by atoms with E-state index in [9.17, 15) is 9.59 Å². The largest absolute Gasteiger partial charge is 0.383 e. The topological polar surface area (TPSA) is 79.5 Å². The van der Waals surface area contributed by atoms with Gasteiger partial charge >= 0.3 is 0 Å². The smallest absolute Gasteiger partial charge is 0.234 e. The number of hydrogen-bond donors (Lipinski definition) is 3. The molecule has 6 heteroatoms. The number of rotatable bonds is 8. The van der Waals surface area contributed by atoms with E-state index >= 15 is 0 Å².